The molecule has 0 saturated carbocycles. The van der Waals surface area contributed by atoms with E-state index >= 15 is 0 Å². The molecule has 0 amide bonds. The zero-order chi connectivity index (χ0) is 11.5. The molecule has 1 saturated heterocycles. The molecule has 15 heavy (non-hydrogen) atoms. The topological polar surface area (TPSA) is 52.7 Å². The summed E-state index contributed by atoms with van der Waals surface area (Å²) in [4.78, 5) is 2.17. The lowest BCUT2D eigenvalue weighted by molar-refractivity contribution is 0.159. The third-order valence-electron chi connectivity index (χ3n) is 2.79. The van der Waals surface area contributed by atoms with E-state index in [1.165, 1.54) is 0 Å². The van der Waals surface area contributed by atoms with Crippen LogP contribution < -0.4 is 5.32 Å². The Morgan fingerprint density at radius 2 is 2.07 bits per heavy atom. The van der Waals surface area contributed by atoms with Crippen molar-refractivity contribution < 1.29 is 8.42 Å². The minimum Gasteiger partial charge on any atom is -0.318 e. The Balaban J connectivity index is 2.77. The number of hydrogen-bond acceptors (Lipinski definition) is 4. The first kappa shape index (κ1) is 12.9. The molecule has 0 aromatic rings. The minimum atomic E-state index is -3.05. The van der Waals surface area contributed by atoms with Crippen molar-refractivity contribution in [3.63, 3.8) is 0 Å². The summed E-state index contributed by atoms with van der Waals surface area (Å²) in [5.74, 6) is 0.191. The van der Waals surface area contributed by atoms with Crippen molar-refractivity contribution in [2.45, 2.75) is 13.0 Å². The Kier molecular flexibility index (Phi) is 4.51. The number of likely N-dealkylation sites (N-methyl/N-ethyl adjacent to an activating group) is 2. The maximum atomic E-state index is 11.8. The lowest BCUT2D eigenvalue weighted by Crippen LogP contribution is -2.57. The van der Waals surface area contributed by atoms with Gasteiger partial charge in [0.1, 0.15) is 0 Å². The highest BCUT2D eigenvalue weighted by molar-refractivity contribution is 7.89. The molecule has 1 heterocycles. The largest absolute Gasteiger partial charge is 0.318 e. The van der Waals surface area contributed by atoms with Gasteiger partial charge in [0.25, 0.3) is 0 Å². The molecule has 0 aromatic carbocycles. The second kappa shape index (κ2) is 5.25. The molecule has 0 spiro atoms. The number of hydrogen-bond donors (Lipinski definition) is 1. The van der Waals surface area contributed by atoms with E-state index in [0.29, 0.717) is 13.1 Å². The van der Waals surface area contributed by atoms with Gasteiger partial charge in [0.2, 0.25) is 10.0 Å². The second-order valence-electron chi connectivity index (χ2n) is 3.99. The molecule has 1 fully saturated rings. The summed E-state index contributed by atoms with van der Waals surface area (Å²) in [6, 6.07) is 0.0682. The molecule has 1 aliphatic rings. The summed E-state index contributed by atoms with van der Waals surface area (Å²) in [5.41, 5.74) is 0. The lowest BCUT2D eigenvalue weighted by Gasteiger charge is -2.38. The van der Waals surface area contributed by atoms with E-state index in [1.54, 1.807) is 11.2 Å². The van der Waals surface area contributed by atoms with E-state index in [1.807, 2.05) is 14.1 Å². The fraction of sp³-hybridized carbons (Fsp3) is 1.00. The molecule has 6 heteroatoms. The summed E-state index contributed by atoms with van der Waals surface area (Å²) in [7, 11) is 0.830. The van der Waals surface area contributed by atoms with Crippen LogP contribution in [0.25, 0.3) is 0 Å². The van der Waals surface area contributed by atoms with E-state index < -0.39 is 10.0 Å². The van der Waals surface area contributed by atoms with E-state index in [0.717, 1.165) is 13.1 Å². The Labute approximate surface area is 92.5 Å². The van der Waals surface area contributed by atoms with Crippen molar-refractivity contribution in [2.24, 2.45) is 0 Å². The number of rotatable bonds is 4. The molecule has 1 N–H and O–H groups in total. The lowest BCUT2D eigenvalue weighted by atomic mass is 10.2. The van der Waals surface area contributed by atoms with Gasteiger partial charge in [-0.15, -0.1) is 0 Å². The molecule has 1 unspecified atom stereocenters. The van der Waals surface area contributed by atoms with Crippen molar-refractivity contribution >= 4 is 10.0 Å². The highest BCUT2D eigenvalue weighted by Gasteiger charge is 2.32. The number of nitrogens with one attached hydrogen (secondary N) is 1. The van der Waals surface area contributed by atoms with Crippen LogP contribution in [0.5, 0.6) is 0 Å². The van der Waals surface area contributed by atoms with Crippen LogP contribution in [0.3, 0.4) is 0 Å². The first-order valence-corrected chi connectivity index (χ1v) is 6.95. The predicted octanol–water partition coefficient (Wildman–Crippen LogP) is -0.828. The molecular formula is C9H21N3O2S. The maximum Gasteiger partial charge on any atom is 0.214 e. The normalized spacial score (nSPS) is 25.7. The Morgan fingerprint density at radius 1 is 1.40 bits per heavy atom. The zero-order valence-corrected chi connectivity index (χ0v) is 10.5. The molecule has 90 valence electrons. The van der Waals surface area contributed by atoms with Crippen LogP contribution in [0.2, 0.25) is 0 Å². The van der Waals surface area contributed by atoms with Crippen LogP contribution in [0.4, 0.5) is 0 Å². The zero-order valence-electron chi connectivity index (χ0n) is 9.73. The van der Waals surface area contributed by atoms with Gasteiger partial charge in [-0.3, -0.25) is 0 Å². The van der Waals surface area contributed by atoms with Crippen molar-refractivity contribution in [1.82, 2.24) is 14.5 Å². The predicted molar refractivity (Wildman–Crippen MR) is 61.4 cm³/mol. The smallest absolute Gasteiger partial charge is 0.214 e. The number of nitrogens with zero attached hydrogens (tertiary/aromatic N) is 2. The molecule has 0 radical (unpaired) electrons. The van der Waals surface area contributed by atoms with Gasteiger partial charge in [0.15, 0.2) is 0 Å². The third-order valence-corrected chi connectivity index (χ3v) is 4.72. The van der Waals surface area contributed by atoms with Crippen molar-refractivity contribution in [3.05, 3.63) is 0 Å². The molecule has 1 rings (SSSR count). The van der Waals surface area contributed by atoms with Gasteiger partial charge in [0, 0.05) is 32.2 Å². The van der Waals surface area contributed by atoms with Gasteiger partial charge in [-0.25, -0.2) is 8.42 Å². The van der Waals surface area contributed by atoms with Crippen LogP contribution in [0.15, 0.2) is 0 Å². The van der Waals surface area contributed by atoms with Crippen LogP contribution in [0, 0.1) is 0 Å². The van der Waals surface area contributed by atoms with Crippen molar-refractivity contribution in [1.29, 1.82) is 0 Å². The first-order valence-electron chi connectivity index (χ1n) is 5.34. The van der Waals surface area contributed by atoms with Crippen LogP contribution in [0.1, 0.15) is 6.92 Å². The van der Waals surface area contributed by atoms with Gasteiger partial charge in [-0.05, 0) is 21.0 Å². The highest BCUT2D eigenvalue weighted by atomic mass is 32.2. The Hall–Kier alpha value is -0.170. The maximum absolute atomic E-state index is 11.8. The van der Waals surface area contributed by atoms with Crippen LogP contribution in [-0.2, 0) is 10.0 Å². The van der Waals surface area contributed by atoms with E-state index in [9.17, 15) is 8.42 Å². The quantitative estimate of drug-likeness (QED) is 0.691. The molecule has 0 aliphatic carbocycles. The molecule has 0 bridgehead atoms. The average molecular weight is 235 g/mol. The number of piperazine rings is 1. The fourth-order valence-corrected chi connectivity index (χ4v) is 3.21. The first-order chi connectivity index (χ1) is 7.01. The molecule has 5 nitrogen and oxygen atoms in total. The van der Waals surface area contributed by atoms with E-state index in [-0.39, 0.29) is 11.8 Å². The summed E-state index contributed by atoms with van der Waals surface area (Å²) in [5, 5.41) is 3.05. The van der Waals surface area contributed by atoms with Gasteiger partial charge < -0.3 is 10.2 Å². The standard InChI is InChI=1S/C9H21N3O2S/c1-4-15(13,14)12-6-5-11(3)8-9(12)7-10-2/h9-10H,4-8H2,1-3H3. The molecule has 0 aromatic heterocycles. The van der Waals surface area contributed by atoms with Crippen LogP contribution in [-0.4, -0.2) is 69.7 Å². The Bertz CT molecular complexity index is 292. The van der Waals surface area contributed by atoms with Crippen LogP contribution >= 0.6 is 0 Å². The fourth-order valence-electron chi connectivity index (χ4n) is 1.93. The Morgan fingerprint density at radius 3 is 2.60 bits per heavy atom. The average Bonchev–Trinajstić information content (AvgIpc) is 2.18. The summed E-state index contributed by atoms with van der Waals surface area (Å²) >= 11 is 0. The van der Waals surface area contributed by atoms with Crippen molar-refractivity contribution in [3.8, 4) is 0 Å². The van der Waals surface area contributed by atoms with Gasteiger partial charge >= 0.3 is 0 Å². The monoisotopic (exact) mass is 235 g/mol. The minimum absolute atomic E-state index is 0.0682. The van der Waals surface area contributed by atoms with Gasteiger partial charge in [-0.2, -0.15) is 4.31 Å². The van der Waals surface area contributed by atoms with E-state index in [2.05, 4.69) is 10.2 Å². The second-order valence-corrected chi connectivity index (χ2v) is 6.20. The molecular weight excluding hydrogens is 214 g/mol. The SMILES string of the molecule is CCS(=O)(=O)N1CCN(C)CC1CNC. The number of sulfonamides is 1. The highest BCUT2D eigenvalue weighted by Crippen LogP contribution is 2.13. The summed E-state index contributed by atoms with van der Waals surface area (Å²) in [6.45, 7) is 4.65. The summed E-state index contributed by atoms with van der Waals surface area (Å²) < 4.78 is 25.3. The van der Waals surface area contributed by atoms with Gasteiger partial charge in [-0.1, -0.05) is 0 Å². The molecule has 1 atom stereocenters. The van der Waals surface area contributed by atoms with Gasteiger partial charge in [0.05, 0.1) is 5.75 Å². The third kappa shape index (κ3) is 3.14. The summed E-state index contributed by atoms with van der Waals surface area (Å²) in [6.07, 6.45) is 0. The van der Waals surface area contributed by atoms with Crippen molar-refractivity contribution in [2.75, 3.05) is 46.0 Å². The molecule has 1 aliphatic heterocycles. The van der Waals surface area contributed by atoms with E-state index in [4.69, 9.17) is 0 Å².